The molecule has 0 aliphatic heterocycles. The minimum Gasteiger partial charge on any atom is -0.383 e. The van der Waals surface area contributed by atoms with E-state index >= 15 is 0 Å². The van der Waals surface area contributed by atoms with E-state index in [0.29, 0.717) is 12.2 Å². The van der Waals surface area contributed by atoms with Crippen molar-refractivity contribution in [1.82, 2.24) is 4.90 Å². The fourth-order valence-electron chi connectivity index (χ4n) is 1.75. The van der Waals surface area contributed by atoms with Crippen molar-refractivity contribution < 1.29 is 8.42 Å². The van der Waals surface area contributed by atoms with Crippen molar-refractivity contribution in [1.29, 1.82) is 0 Å². The van der Waals surface area contributed by atoms with E-state index in [0.717, 1.165) is 19.6 Å². The fourth-order valence-corrected chi connectivity index (χ4v) is 2.46. The summed E-state index contributed by atoms with van der Waals surface area (Å²) in [5.41, 5.74) is 0.562. The van der Waals surface area contributed by atoms with Crippen LogP contribution in [0.4, 0.5) is 5.69 Å². The van der Waals surface area contributed by atoms with Gasteiger partial charge in [-0.3, -0.25) is 0 Å². The first-order valence-electron chi connectivity index (χ1n) is 6.07. The molecule has 0 atom stereocenters. The number of nitrogens with two attached hydrogens (primary N) is 1. The molecule has 0 radical (unpaired) electrons. The van der Waals surface area contributed by atoms with Gasteiger partial charge in [0.25, 0.3) is 0 Å². The molecule has 0 heterocycles. The number of sulfonamides is 1. The zero-order valence-corrected chi connectivity index (χ0v) is 11.7. The fraction of sp³-hybridized carbons (Fsp3) is 0.500. The van der Waals surface area contributed by atoms with Crippen LogP contribution < -0.4 is 10.5 Å². The summed E-state index contributed by atoms with van der Waals surface area (Å²) in [6, 6.07) is 6.68. The maximum Gasteiger partial charge on any atom is 0.240 e. The van der Waals surface area contributed by atoms with Crippen LogP contribution in [0.5, 0.6) is 0 Å². The molecule has 18 heavy (non-hydrogen) atoms. The van der Waals surface area contributed by atoms with Gasteiger partial charge in [-0.2, -0.15) is 0 Å². The van der Waals surface area contributed by atoms with E-state index in [1.807, 2.05) is 0 Å². The summed E-state index contributed by atoms with van der Waals surface area (Å²) in [5.74, 6) is 0. The zero-order chi connectivity index (χ0) is 13.6. The second-order valence-electron chi connectivity index (χ2n) is 3.99. The summed E-state index contributed by atoms with van der Waals surface area (Å²) in [6.45, 7) is 7.72. The van der Waals surface area contributed by atoms with E-state index in [1.165, 1.54) is 6.07 Å². The normalized spacial score (nSPS) is 11.8. The molecule has 0 fully saturated rings. The molecule has 3 N–H and O–H groups in total. The van der Waals surface area contributed by atoms with E-state index in [-0.39, 0.29) is 4.90 Å². The smallest absolute Gasteiger partial charge is 0.240 e. The van der Waals surface area contributed by atoms with Gasteiger partial charge in [0.15, 0.2) is 0 Å². The predicted octanol–water partition coefficient (Wildman–Crippen LogP) is 1.09. The molecular weight excluding hydrogens is 250 g/mol. The molecule has 0 aliphatic carbocycles. The highest BCUT2D eigenvalue weighted by atomic mass is 32.2. The van der Waals surface area contributed by atoms with Crippen LogP contribution in [0.25, 0.3) is 0 Å². The number of likely N-dealkylation sites (N-methyl/N-ethyl adjacent to an activating group) is 1. The van der Waals surface area contributed by atoms with Crippen molar-refractivity contribution in [2.45, 2.75) is 18.7 Å². The van der Waals surface area contributed by atoms with E-state index in [1.54, 1.807) is 18.2 Å². The molecule has 0 saturated carbocycles. The third kappa shape index (κ3) is 4.29. The summed E-state index contributed by atoms with van der Waals surface area (Å²) < 4.78 is 22.8. The number of hydrogen-bond acceptors (Lipinski definition) is 4. The van der Waals surface area contributed by atoms with Gasteiger partial charge in [-0.05, 0) is 25.2 Å². The highest BCUT2D eigenvalue weighted by Crippen LogP contribution is 2.18. The van der Waals surface area contributed by atoms with Crippen LogP contribution in [0.15, 0.2) is 29.2 Å². The summed E-state index contributed by atoms with van der Waals surface area (Å²) in [5, 5.41) is 8.28. The van der Waals surface area contributed by atoms with E-state index in [2.05, 4.69) is 24.1 Å². The van der Waals surface area contributed by atoms with Crippen molar-refractivity contribution in [3.05, 3.63) is 24.3 Å². The number of hydrogen-bond donors (Lipinski definition) is 2. The van der Waals surface area contributed by atoms with E-state index in [9.17, 15) is 8.42 Å². The van der Waals surface area contributed by atoms with Gasteiger partial charge in [-0.25, -0.2) is 13.6 Å². The second kappa shape index (κ2) is 6.72. The molecular formula is C12H21N3O2S. The molecule has 1 aromatic rings. The molecule has 6 heteroatoms. The SMILES string of the molecule is CCN(CC)CCNc1ccccc1S(N)(=O)=O. The third-order valence-electron chi connectivity index (χ3n) is 2.83. The maximum absolute atomic E-state index is 11.4. The second-order valence-corrected chi connectivity index (χ2v) is 5.52. The molecule has 0 unspecified atom stereocenters. The number of rotatable bonds is 7. The molecule has 0 bridgehead atoms. The Hall–Kier alpha value is -1.11. The van der Waals surface area contributed by atoms with Gasteiger partial charge in [0, 0.05) is 13.1 Å². The van der Waals surface area contributed by atoms with Gasteiger partial charge in [0.2, 0.25) is 10.0 Å². The molecule has 1 aromatic carbocycles. The largest absolute Gasteiger partial charge is 0.383 e. The van der Waals surface area contributed by atoms with Crippen molar-refractivity contribution >= 4 is 15.7 Å². The number of anilines is 1. The van der Waals surface area contributed by atoms with Gasteiger partial charge in [-0.15, -0.1) is 0 Å². The maximum atomic E-state index is 11.4. The van der Waals surface area contributed by atoms with E-state index < -0.39 is 10.0 Å². The first-order valence-corrected chi connectivity index (χ1v) is 7.61. The van der Waals surface area contributed by atoms with E-state index in [4.69, 9.17) is 5.14 Å². The first-order chi connectivity index (χ1) is 8.49. The summed E-state index contributed by atoms with van der Waals surface area (Å²) in [7, 11) is -3.67. The Labute approximate surface area is 109 Å². The number of primary sulfonamides is 1. The lowest BCUT2D eigenvalue weighted by atomic mass is 10.3. The standard InChI is InChI=1S/C12H21N3O2S/c1-3-15(4-2)10-9-14-11-7-5-6-8-12(11)18(13,16)17/h5-8,14H,3-4,9-10H2,1-2H3,(H2,13,16,17). The first kappa shape index (κ1) is 14.9. The Kier molecular flexibility index (Phi) is 5.58. The van der Waals surface area contributed by atoms with Crippen LogP contribution in [-0.2, 0) is 10.0 Å². The molecule has 0 amide bonds. The average Bonchev–Trinajstić information content (AvgIpc) is 2.34. The van der Waals surface area contributed by atoms with Crippen molar-refractivity contribution in [2.24, 2.45) is 5.14 Å². The predicted molar refractivity (Wildman–Crippen MR) is 74.1 cm³/mol. The number of para-hydroxylation sites is 1. The topological polar surface area (TPSA) is 75.4 Å². The molecule has 1 rings (SSSR count). The Morgan fingerprint density at radius 3 is 2.39 bits per heavy atom. The number of nitrogens with zero attached hydrogens (tertiary/aromatic N) is 1. The Morgan fingerprint density at radius 1 is 1.22 bits per heavy atom. The third-order valence-corrected chi connectivity index (χ3v) is 3.80. The van der Waals surface area contributed by atoms with Crippen LogP contribution in [0, 0.1) is 0 Å². The Balaban J connectivity index is 2.68. The minimum absolute atomic E-state index is 0.143. The molecule has 0 saturated heterocycles. The van der Waals surface area contributed by atoms with Gasteiger partial charge in [0.05, 0.1) is 5.69 Å². The number of benzene rings is 1. The van der Waals surface area contributed by atoms with Crippen molar-refractivity contribution in [2.75, 3.05) is 31.5 Å². The lowest BCUT2D eigenvalue weighted by Gasteiger charge is -2.19. The van der Waals surface area contributed by atoms with Crippen LogP contribution in [-0.4, -0.2) is 39.5 Å². The minimum atomic E-state index is -3.67. The summed E-state index contributed by atoms with van der Waals surface area (Å²) in [6.07, 6.45) is 0. The lowest BCUT2D eigenvalue weighted by Crippen LogP contribution is -2.29. The molecule has 102 valence electrons. The quantitative estimate of drug-likeness (QED) is 0.778. The zero-order valence-electron chi connectivity index (χ0n) is 10.9. The molecule has 0 aromatic heterocycles. The van der Waals surface area contributed by atoms with Crippen LogP contribution in [0.3, 0.4) is 0 Å². The van der Waals surface area contributed by atoms with Gasteiger partial charge >= 0.3 is 0 Å². The summed E-state index contributed by atoms with van der Waals surface area (Å²) in [4.78, 5) is 2.40. The van der Waals surface area contributed by atoms with Crippen LogP contribution in [0.2, 0.25) is 0 Å². The lowest BCUT2D eigenvalue weighted by molar-refractivity contribution is 0.316. The summed E-state index contributed by atoms with van der Waals surface area (Å²) >= 11 is 0. The molecule has 0 aliphatic rings. The van der Waals surface area contributed by atoms with Crippen LogP contribution >= 0.6 is 0 Å². The van der Waals surface area contributed by atoms with Crippen molar-refractivity contribution in [3.8, 4) is 0 Å². The van der Waals surface area contributed by atoms with Gasteiger partial charge in [0.1, 0.15) is 4.90 Å². The Morgan fingerprint density at radius 2 is 1.83 bits per heavy atom. The van der Waals surface area contributed by atoms with Crippen LogP contribution in [0.1, 0.15) is 13.8 Å². The number of nitrogens with one attached hydrogen (secondary N) is 1. The highest BCUT2D eigenvalue weighted by Gasteiger charge is 2.12. The van der Waals surface area contributed by atoms with Gasteiger partial charge in [-0.1, -0.05) is 26.0 Å². The monoisotopic (exact) mass is 271 g/mol. The van der Waals surface area contributed by atoms with Crippen molar-refractivity contribution in [3.63, 3.8) is 0 Å². The van der Waals surface area contributed by atoms with Gasteiger partial charge < -0.3 is 10.2 Å². The highest BCUT2D eigenvalue weighted by molar-refractivity contribution is 7.89. The molecule has 0 spiro atoms. The Bertz CT molecular complexity index is 470. The molecule has 5 nitrogen and oxygen atoms in total. The average molecular weight is 271 g/mol.